The van der Waals surface area contributed by atoms with Crippen molar-refractivity contribution >= 4 is 35.8 Å². The topological polar surface area (TPSA) is 134 Å². The Balaban J connectivity index is 1.02. The van der Waals surface area contributed by atoms with Crippen molar-refractivity contribution in [2.24, 2.45) is 0 Å². The third-order valence-corrected chi connectivity index (χ3v) is 9.07. The van der Waals surface area contributed by atoms with E-state index in [1.165, 1.54) is 16.7 Å². The van der Waals surface area contributed by atoms with Crippen molar-refractivity contribution in [3.63, 3.8) is 0 Å². The van der Waals surface area contributed by atoms with Gasteiger partial charge in [0, 0.05) is 18.2 Å². The number of rotatable bonds is 12. The predicted molar refractivity (Wildman–Crippen MR) is 171 cm³/mol. The highest BCUT2D eigenvalue weighted by Gasteiger charge is 2.35. The molecule has 236 valence electrons. The van der Waals surface area contributed by atoms with Crippen LogP contribution in [0, 0.1) is 6.92 Å². The molecular weight excluding hydrogens is 594 g/mol. The molecule has 0 radical (unpaired) electrons. The number of hydrogen-bond acceptors (Lipinski definition) is 7. The minimum Gasteiger partial charge on any atom is -0.480 e. The van der Waals surface area contributed by atoms with E-state index in [2.05, 4.69) is 10.6 Å². The van der Waals surface area contributed by atoms with Crippen molar-refractivity contribution in [3.8, 4) is 11.1 Å². The molecule has 5 rings (SSSR count). The highest BCUT2D eigenvalue weighted by molar-refractivity contribution is 7.99. The van der Waals surface area contributed by atoms with Crippen LogP contribution in [0.3, 0.4) is 0 Å². The van der Waals surface area contributed by atoms with Crippen LogP contribution in [0.25, 0.3) is 11.1 Å². The minimum absolute atomic E-state index is 0.0915. The van der Waals surface area contributed by atoms with Gasteiger partial charge in [-0.25, -0.2) is 14.4 Å². The molecule has 1 fully saturated rings. The van der Waals surface area contributed by atoms with Crippen LogP contribution >= 0.6 is 11.8 Å². The first-order chi connectivity index (χ1) is 21.8. The number of carboxylic acid groups (broad SMARTS) is 1. The molecular formula is C34H37N3O7S. The summed E-state index contributed by atoms with van der Waals surface area (Å²) in [5.74, 6) is -0.725. The van der Waals surface area contributed by atoms with Gasteiger partial charge in [-0.05, 0) is 54.0 Å². The summed E-state index contributed by atoms with van der Waals surface area (Å²) < 4.78 is 10.9. The van der Waals surface area contributed by atoms with Gasteiger partial charge in [-0.3, -0.25) is 9.69 Å². The number of nitrogens with zero attached hydrogens (tertiary/aromatic N) is 1. The maximum Gasteiger partial charge on any atom is 0.411 e. The van der Waals surface area contributed by atoms with Crippen molar-refractivity contribution in [3.05, 3.63) is 95.1 Å². The van der Waals surface area contributed by atoms with E-state index in [4.69, 9.17) is 9.47 Å². The Hall–Kier alpha value is -4.51. The standard InChI is InChI=1S/C34H37N3O7S/c1-22-13-15-23(16-14-22)18-44-34(42)37-21-45-20-30(37)31(38)35-17-7-6-12-29(32(39)40)36-33(41)43-19-28-26-10-4-2-8-24(26)25-9-3-5-11-27(25)28/h2-5,8-11,13-16,28-30H,6-7,12,17-21H2,1H3,(H,35,38)(H,36,41)(H,39,40)/t29-,30-/m0/s1. The van der Waals surface area contributed by atoms with Crippen molar-refractivity contribution in [1.29, 1.82) is 0 Å². The summed E-state index contributed by atoms with van der Waals surface area (Å²) in [7, 11) is 0. The van der Waals surface area contributed by atoms with E-state index in [9.17, 15) is 24.3 Å². The Morgan fingerprint density at radius 1 is 0.933 bits per heavy atom. The molecule has 3 aromatic carbocycles. The maximum atomic E-state index is 12.8. The lowest BCUT2D eigenvalue weighted by molar-refractivity contribution is -0.139. The van der Waals surface area contributed by atoms with Crippen LogP contribution in [0.4, 0.5) is 9.59 Å². The third-order valence-electron chi connectivity index (χ3n) is 8.06. The molecule has 1 aliphatic heterocycles. The van der Waals surface area contributed by atoms with Crippen LogP contribution in [0.5, 0.6) is 0 Å². The first-order valence-corrected chi connectivity index (χ1v) is 16.2. The van der Waals surface area contributed by atoms with Gasteiger partial charge in [0.15, 0.2) is 0 Å². The summed E-state index contributed by atoms with van der Waals surface area (Å²) in [6, 6.07) is 21.9. The highest BCUT2D eigenvalue weighted by atomic mass is 32.2. The number of nitrogens with one attached hydrogen (secondary N) is 2. The second-order valence-corrected chi connectivity index (χ2v) is 12.2. The fourth-order valence-corrected chi connectivity index (χ4v) is 6.74. The monoisotopic (exact) mass is 631 g/mol. The molecule has 1 saturated heterocycles. The Bertz CT molecular complexity index is 1480. The van der Waals surface area contributed by atoms with Crippen molar-refractivity contribution in [1.82, 2.24) is 15.5 Å². The van der Waals surface area contributed by atoms with Gasteiger partial charge < -0.3 is 25.2 Å². The number of thioether (sulfide) groups is 1. The first kappa shape index (κ1) is 31.9. The molecule has 1 heterocycles. The van der Waals surface area contributed by atoms with Crippen LogP contribution < -0.4 is 10.6 Å². The molecule has 3 aromatic rings. The summed E-state index contributed by atoms with van der Waals surface area (Å²) >= 11 is 1.48. The quantitative estimate of drug-likeness (QED) is 0.230. The van der Waals surface area contributed by atoms with Gasteiger partial charge in [-0.2, -0.15) is 0 Å². The molecule has 2 aliphatic rings. The Labute approximate surface area is 266 Å². The average Bonchev–Trinajstić information content (AvgIpc) is 3.66. The Morgan fingerprint density at radius 3 is 2.27 bits per heavy atom. The van der Waals surface area contributed by atoms with Gasteiger partial charge in [-0.15, -0.1) is 11.8 Å². The Kier molecular flexibility index (Phi) is 10.6. The highest BCUT2D eigenvalue weighted by Crippen LogP contribution is 2.44. The van der Waals surface area contributed by atoms with Crippen LogP contribution in [0.2, 0.25) is 0 Å². The van der Waals surface area contributed by atoms with E-state index in [1.54, 1.807) is 0 Å². The number of ether oxygens (including phenoxy) is 2. The van der Waals surface area contributed by atoms with Crippen LogP contribution in [-0.2, 0) is 25.7 Å². The largest absolute Gasteiger partial charge is 0.480 e. The number of aryl methyl sites for hydroxylation is 1. The zero-order valence-electron chi connectivity index (χ0n) is 25.1. The van der Waals surface area contributed by atoms with Crippen LogP contribution in [-0.4, -0.2) is 70.9 Å². The molecule has 11 heteroatoms. The molecule has 3 amide bonds. The van der Waals surface area contributed by atoms with Gasteiger partial charge in [0.25, 0.3) is 0 Å². The number of alkyl carbamates (subject to hydrolysis) is 1. The smallest absolute Gasteiger partial charge is 0.411 e. The van der Waals surface area contributed by atoms with Gasteiger partial charge in [-0.1, -0.05) is 78.4 Å². The lowest BCUT2D eigenvalue weighted by Crippen LogP contribution is -2.47. The van der Waals surface area contributed by atoms with E-state index in [-0.39, 0.29) is 31.5 Å². The zero-order chi connectivity index (χ0) is 31.8. The molecule has 2 atom stereocenters. The molecule has 45 heavy (non-hydrogen) atoms. The summed E-state index contributed by atoms with van der Waals surface area (Å²) in [5.41, 5.74) is 6.34. The zero-order valence-corrected chi connectivity index (χ0v) is 25.9. The number of unbranched alkanes of at least 4 members (excludes halogenated alkanes) is 1. The lowest BCUT2D eigenvalue weighted by atomic mass is 9.98. The minimum atomic E-state index is -1.16. The molecule has 10 nitrogen and oxygen atoms in total. The average molecular weight is 632 g/mol. The normalized spacial score (nSPS) is 15.9. The van der Waals surface area contributed by atoms with Crippen molar-refractivity contribution in [2.75, 3.05) is 24.8 Å². The van der Waals surface area contributed by atoms with E-state index in [1.807, 2.05) is 79.7 Å². The fourth-order valence-electron chi connectivity index (χ4n) is 5.59. The van der Waals surface area contributed by atoms with Gasteiger partial charge in [0.2, 0.25) is 5.91 Å². The summed E-state index contributed by atoms with van der Waals surface area (Å²) in [6.45, 7) is 2.51. The number of amides is 3. The van der Waals surface area contributed by atoms with Crippen molar-refractivity contribution in [2.45, 2.75) is 50.8 Å². The SMILES string of the molecule is Cc1ccc(COC(=O)N2CSC[C@H]2C(=O)NCCCC[C@H](NC(=O)OCC2c3ccccc3-c3ccccc32)C(=O)O)cc1. The number of carboxylic acids is 1. The lowest BCUT2D eigenvalue weighted by Gasteiger charge is -2.22. The van der Waals surface area contributed by atoms with Crippen LogP contribution in [0.15, 0.2) is 72.8 Å². The Morgan fingerprint density at radius 2 is 1.60 bits per heavy atom. The molecule has 1 aliphatic carbocycles. The van der Waals surface area contributed by atoms with Gasteiger partial charge >= 0.3 is 18.2 Å². The van der Waals surface area contributed by atoms with Crippen LogP contribution in [0.1, 0.15) is 47.4 Å². The van der Waals surface area contributed by atoms with E-state index < -0.39 is 30.2 Å². The van der Waals surface area contributed by atoms with E-state index >= 15 is 0 Å². The molecule has 3 N–H and O–H groups in total. The number of fused-ring (bicyclic) bond motifs is 3. The summed E-state index contributed by atoms with van der Waals surface area (Å²) in [5, 5.41) is 15.0. The summed E-state index contributed by atoms with van der Waals surface area (Å²) in [4.78, 5) is 51.3. The number of hydrogen-bond donors (Lipinski definition) is 3. The van der Waals surface area contributed by atoms with Crippen molar-refractivity contribution < 1.29 is 33.8 Å². The third kappa shape index (κ3) is 7.96. The molecule has 0 saturated carbocycles. The second kappa shape index (κ2) is 15.0. The van der Waals surface area contributed by atoms with Gasteiger partial charge in [0.1, 0.15) is 25.3 Å². The molecule has 0 unspecified atom stereocenters. The first-order valence-electron chi connectivity index (χ1n) is 15.0. The number of aliphatic carboxylic acids is 1. The maximum absolute atomic E-state index is 12.8. The van der Waals surface area contributed by atoms with Gasteiger partial charge in [0.05, 0.1) is 5.88 Å². The summed E-state index contributed by atoms with van der Waals surface area (Å²) in [6.07, 6.45) is -0.205. The predicted octanol–water partition coefficient (Wildman–Crippen LogP) is 5.28. The number of carbonyl (C=O) groups excluding carboxylic acids is 3. The fraction of sp³-hybridized carbons (Fsp3) is 0.353. The van der Waals surface area contributed by atoms with E-state index in [0.29, 0.717) is 31.0 Å². The number of carbonyl (C=O) groups is 4. The molecule has 0 spiro atoms. The molecule has 0 bridgehead atoms. The van der Waals surface area contributed by atoms with E-state index in [0.717, 1.165) is 33.4 Å². The number of benzene rings is 3. The molecule has 0 aromatic heterocycles. The second-order valence-electron chi connectivity index (χ2n) is 11.2.